The molecule has 0 radical (unpaired) electrons. The molecule has 1 heterocycles. The fourth-order valence-corrected chi connectivity index (χ4v) is 0.800. The SMILES string of the molecule is NC(=O)c1ncccc1C(F)F. The summed E-state index contributed by atoms with van der Waals surface area (Å²) in [7, 11) is 0. The first-order chi connectivity index (χ1) is 5.63. The van der Waals surface area contributed by atoms with Crippen LogP contribution in [0.15, 0.2) is 18.3 Å². The Hall–Kier alpha value is -1.52. The highest BCUT2D eigenvalue weighted by Gasteiger charge is 2.16. The molecule has 0 unspecified atom stereocenters. The van der Waals surface area contributed by atoms with Crippen LogP contribution in [-0.4, -0.2) is 10.9 Å². The van der Waals surface area contributed by atoms with Gasteiger partial charge >= 0.3 is 0 Å². The summed E-state index contributed by atoms with van der Waals surface area (Å²) in [6.07, 6.45) is -1.48. The maximum Gasteiger partial charge on any atom is 0.267 e. The van der Waals surface area contributed by atoms with Crippen LogP contribution in [0.4, 0.5) is 8.78 Å². The Morgan fingerprint density at radius 3 is 2.67 bits per heavy atom. The van der Waals surface area contributed by atoms with Gasteiger partial charge in [-0.2, -0.15) is 0 Å². The smallest absolute Gasteiger partial charge is 0.267 e. The predicted molar refractivity (Wildman–Crippen MR) is 37.7 cm³/mol. The van der Waals surface area contributed by atoms with Gasteiger partial charge in [0.1, 0.15) is 5.69 Å². The molecule has 0 saturated carbocycles. The lowest BCUT2D eigenvalue weighted by Crippen LogP contribution is -2.15. The number of pyridine rings is 1. The zero-order valence-corrected chi connectivity index (χ0v) is 6.00. The van der Waals surface area contributed by atoms with E-state index >= 15 is 0 Å². The van der Waals surface area contributed by atoms with E-state index in [1.807, 2.05) is 0 Å². The average molecular weight is 172 g/mol. The number of carbonyl (C=O) groups excluding carboxylic acids is 1. The molecule has 12 heavy (non-hydrogen) atoms. The first-order valence-corrected chi connectivity index (χ1v) is 3.16. The van der Waals surface area contributed by atoms with Gasteiger partial charge in [0.15, 0.2) is 0 Å². The molecule has 0 aliphatic rings. The minimum atomic E-state index is -2.72. The predicted octanol–water partition coefficient (Wildman–Crippen LogP) is 1.12. The monoisotopic (exact) mass is 172 g/mol. The van der Waals surface area contributed by atoms with E-state index in [9.17, 15) is 13.6 Å². The summed E-state index contributed by atoms with van der Waals surface area (Å²) in [5.41, 5.74) is 4.02. The van der Waals surface area contributed by atoms with Gasteiger partial charge in [-0.25, -0.2) is 8.78 Å². The number of nitrogens with zero attached hydrogens (tertiary/aromatic N) is 1. The van der Waals surface area contributed by atoms with Gasteiger partial charge in [0.2, 0.25) is 0 Å². The van der Waals surface area contributed by atoms with Gasteiger partial charge < -0.3 is 5.73 Å². The van der Waals surface area contributed by atoms with Gasteiger partial charge in [-0.3, -0.25) is 9.78 Å². The lowest BCUT2D eigenvalue weighted by molar-refractivity contribution is 0.0980. The Morgan fingerprint density at radius 2 is 2.25 bits per heavy atom. The first-order valence-electron chi connectivity index (χ1n) is 3.16. The molecule has 64 valence electrons. The molecule has 1 aromatic heterocycles. The number of alkyl halides is 2. The van der Waals surface area contributed by atoms with Crippen molar-refractivity contribution in [1.82, 2.24) is 4.98 Å². The van der Waals surface area contributed by atoms with Crippen LogP contribution in [0.1, 0.15) is 22.5 Å². The summed E-state index contributed by atoms with van der Waals surface area (Å²) in [6.45, 7) is 0. The average Bonchev–Trinajstić information content (AvgIpc) is 2.04. The second-order valence-corrected chi connectivity index (χ2v) is 2.11. The molecule has 0 atom stereocenters. The third-order valence-electron chi connectivity index (χ3n) is 1.31. The topological polar surface area (TPSA) is 56.0 Å². The molecular weight excluding hydrogens is 166 g/mol. The van der Waals surface area contributed by atoms with Gasteiger partial charge in [-0.05, 0) is 12.1 Å². The van der Waals surface area contributed by atoms with Crippen LogP contribution >= 0.6 is 0 Å². The molecular formula is C7H6F2N2O. The Bertz CT molecular complexity index is 301. The molecule has 0 spiro atoms. The summed E-state index contributed by atoms with van der Waals surface area (Å²) in [5.74, 6) is -0.939. The molecule has 5 heteroatoms. The van der Waals surface area contributed by atoms with Crippen molar-refractivity contribution in [3.8, 4) is 0 Å². The number of primary amides is 1. The van der Waals surface area contributed by atoms with Gasteiger partial charge in [0.25, 0.3) is 12.3 Å². The van der Waals surface area contributed by atoms with E-state index in [4.69, 9.17) is 5.73 Å². The number of halogens is 2. The minimum absolute atomic E-state index is 0.368. The lowest BCUT2D eigenvalue weighted by atomic mass is 10.2. The van der Waals surface area contributed by atoms with Crippen LogP contribution in [0.5, 0.6) is 0 Å². The Balaban J connectivity index is 3.17. The third-order valence-corrected chi connectivity index (χ3v) is 1.31. The summed E-state index contributed by atoms with van der Waals surface area (Å²) < 4.78 is 24.3. The second-order valence-electron chi connectivity index (χ2n) is 2.11. The molecule has 0 aliphatic carbocycles. The van der Waals surface area contributed by atoms with Crippen LogP contribution in [0.2, 0.25) is 0 Å². The Morgan fingerprint density at radius 1 is 1.58 bits per heavy atom. The van der Waals surface area contributed by atoms with Crippen LogP contribution in [0, 0.1) is 0 Å². The van der Waals surface area contributed by atoms with E-state index in [0.717, 1.165) is 6.07 Å². The molecule has 0 bridgehead atoms. The van der Waals surface area contributed by atoms with E-state index < -0.39 is 17.9 Å². The molecule has 1 rings (SSSR count). The zero-order chi connectivity index (χ0) is 9.14. The number of carbonyl (C=O) groups is 1. The summed E-state index contributed by atoms with van der Waals surface area (Å²) in [4.78, 5) is 14.0. The lowest BCUT2D eigenvalue weighted by Gasteiger charge is -2.02. The summed E-state index contributed by atoms with van der Waals surface area (Å²) in [5, 5.41) is 0. The Kier molecular flexibility index (Phi) is 2.32. The van der Waals surface area contributed by atoms with Gasteiger partial charge in [-0.1, -0.05) is 0 Å². The van der Waals surface area contributed by atoms with Gasteiger partial charge in [0, 0.05) is 11.8 Å². The van der Waals surface area contributed by atoms with E-state index in [1.165, 1.54) is 12.3 Å². The van der Waals surface area contributed by atoms with Gasteiger partial charge in [-0.15, -0.1) is 0 Å². The molecule has 0 fully saturated rings. The molecule has 1 amide bonds. The van der Waals surface area contributed by atoms with Crippen LogP contribution in [0.3, 0.4) is 0 Å². The summed E-state index contributed by atoms with van der Waals surface area (Å²) >= 11 is 0. The van der Waals surface area contributed by atoms with Crippen LogP contribution < -0.4 is 5.73 Å². The van der Waals surface area contributed by atoms with Crippen molar-refractivity contribution < 1.29 is 13.6 Å². The molecule has 3 nitrogen and oxygen atoms in total. The second kappa shape index (κ2) is 3.25. The minimum Gasteiger partial charge on any atom is -0.364 e. The first kappa shape index (κ1) is 8.58. The summed E-state index contributed by atoms with van der Waals surface area (Å²) in [6, 6.07) is 2.45. The van der Waals surface area contributed by atoms with E-state index in [-0.39, 0.29) is 5.69 Å². The van der Waals surface area contributed by atoms with Crippen LogP contribution in [0.25, 0.3) is 0 Å². The maximum absolute atomic E-state index is 12.1. The molecule has 2 N–H and O–H groups in total. The van der Waals surface area contributed by atoms with E-state index in [2.05, 4.69) is 4.98 Å². The van der Waals surface area contributed by atoms with Crippen molar-refractivity contribution in [3.05, 3.63) is 29.6 Å². The van der Waals surface area contributed by atoms with Crippen molar-refractivity contribution in [2.75, 3.05) is 0 Å². The number of amides is 1. The fraction of sp³-hybridized carbons (Fsp3) is 0.143. The van der Waals surface area contributed by atoms with Crippen molar-refractivity contribution >= 4 is 5.91 Å². The zero-order valence-electron chi connectivity index (χ0n) is 6.00. The van der Waals surface area contributed by atoms with Gasteiger partial charge in [0.05, 0.1) is 0 Å². The van der Waals surface area contributed by atoms with Crippen molar-refractivity contribution in [1.29, 1.82) is 0 Å². The number of nitrogens with two attached hydrogens (primary N) is 1. The quantitative estimate of drug-likeness (QED) is 0.726. The van der Waals surface area contributed by atoms with Crippen molar-refractivity contribution in [3.63, 3.8) is 0 Å². The highest BCUT2D eigenvalue weighted by molar-refractivity contribution is 5.92. The van der Waals surface area contributed by atoms with Crippen LogP contribution in [-0.2, 0) is 0 Å². The van der Waals surface area contributed by atoms with Crippen molar-refractivity contribution in [2.45, 2.75) is 6.43 Å². The maximum atomic E-state index is 12.1. The largest absolute Gasteiger partial charge is 0.364 e. The Labute approximate surface area is 67.2 Å². The number of hydrogen-bond donors (Lipinski definition) is 1. The van der Waals surface area contributed by atoms with Crippen molar-refractivity contribution in [2.24, 2.45) is 5.73 Å². The molecule has 0 aliphatic heterocycles. The normalized spacial score (nSPS) is 10.2. The number of hydrogen-bond acceptors (Lipinski definition) is 2. The highest BCUT2D eigenvalue weighted by atomic mass is 19.3. The molecule has 1 aromatic rings. The molecule has 0 saturated heterocycles. The highest BCUT2D eigenvalue weighted by Crippen LogP contribution is 2.20. The van der Waals surface area contributed by atoms with E-state index in [1.54, 1.807) is 0 Å². The third kappa shape index (κ3) is 1.55. The number of rotatable bonds is 2. The standard InChI is InChI=1S/C7H6F2N2O/c8-6(9)4-2-1-3-11-5(4)7(10)12/h1-3,6H,(H2,10,12). The van der Waals surface area contributed by atoms with E-state index in [0.29, 0.717) is 0 Å². The fourth-order valence-electron chi connectivity index (χ4n) is 0.800. The molecule has 0 aromatic carbocycles. The number of aromatic nitrogens is 1.